The molecular formula is C24H22F2N2O3. The number of nitro benzene ring substituents is 1. The molecule has 0 radical (unpaired) electrons. The highest BCUT2D eigenvalue weighted by Gasteiger charge is 2.19. The van der Waals surface area contributed by atoms with Crippen LogP contribution in [0, 0.1) is 28.7 Å². The van der Waals surface area contributed by atoms with Gasteiger partial charge >= 0.3 is 0 Å². The Balaban J connectivity index is 1.95. The van der Waals surface area contributed by atoms with Crippen LogP contribution in [0.1, 0.15) is 16.7 Å². The predicted molar refractivity (Wildman–Crippen MR) is 116 cm³/mol. The number of benzene rings is 3. The Bertz CT molecular complexity index is 1080. The smallest absolute Gasteiger partial charge is 0.274 e. The normalized spacial score (nSPS) is 10.5. The Morgan fingerprint density at radius 1 is 1.10 bits per heavy atom. The molecular weight excluding hydrogens is 402 g/mol. The monoisotopic (exact) mass is 424 g/mol. The molecule has 0 N–H and O–H groups in total. The number of nitrogens with zero attached hydrogens (tertiary/aromatic N) is 2. The second-order valence-electron chi connectivity index (χ2n) is 7.01. The number of ether oxygens (including phenoxy) is 1. The molecule has 5 nitrogen and oxygen atoms in total. The van der Waals surface area contributed by atoms with Gasteiger partial charge in [-0.3, -0.25) is 10.1 Å². The van der Waals surface area contributed by atoms with Gasteiger partial charge in [0.15, 0.2) is 0 Å². The molecule has 0 unspecified atom stereocenters. The molecule has 0 aliphatic heterocycles. The number of anilines is 1. The highest BCUT2D eigenvalue weighted by Crippen LogP contribution is 2.31. The first kappa shape index (κ1) is 22.0. The molecule has 0 atom stereocenters. The van der Waals surface area contributed by atoms with Gasteiger partial charge in [-0.1, -0.05) is 36.9 Å². The zero-order valence-electron chi connectivity index (χ0n) is 17.1. The van der Waals surface area contributed by atoms with E-state index in [-0.39, 0.29) is 12.2 Å². The minimum Gasteiger partial charge on any atom is -0.490 e. The predicted octanol–water partition coefficient (Wildman–Crippen LogP) is 5.95. The average Bonchev–Trinajstić information content (AvgIpc) is 2.74. The molecule has 3 rings (SSSR count). The Kier molecular flexibility index (Phi) is 6.97. The lowest BCUT2D eigenvalue weighted by molar-refractivity contribution is -0.385. The largest absolute Gasteiger partial charge is 0.490 e. The maximum absolute atomic E-state index is 14.3. The summed E-state index contributed by atoms with van der Waals surface area (Å²) in [5.41, 5.74) is 2.25. The summed E-state index contributed by atoms with van der Waals surface area (Å²) in [4.78, 5) is 12.8. The number of halogens is 2. The van der Waals surface area contributed by atoms with Crippen molar-refractivity contribution in [3.05, 3.63) is 112 Å². The van der Waals surface area contributed by atoms with Crippen molar-refractivity contribution in [2.75, 3.05) is 11.5 Å². The molecule has 160 valence electrons. The van der Waals surface area contributed by atoms with Gasteiger partial charge < -0.3 is 9.64 Å². The fourth-order valence-electron chi connectivity index (χ4n) is 3.30. The topological polar surface area (TPSA) is 55.6 Å². The minimum atomic E-state index is -0.666. The van der Waals surface area contributed by atoms with Gasteiger partial charge in [0.25, 0.3) is 5.69 Å². The Labute approximate surface area is 179 Å². The zero-order valence-corrected chi connectivity index (χ0v) is 17.1. The molecule has 0 fully saturated rings. The molecule has 0 bridgehead atoms. The van der Waals surface area contributed by atoms with Crippen LogP contribution in [-0.4, -0.2) is 11.5 Å². The second-order valence-corrected chi connectivity index (χ2v) is 7.01. The quantitative estimate of drug-likeness (QED) is 0.242. The van der Waals surface area contributed by atoms with Crippen molar-refractivity contribution in [3.8, 4) is 5.75 Å². The number of nitro groups is 1. The number of hydrogen-bond acceptors (Lipinski definition) is 4. The fourth-order valence-corrected chi connectivity index (χ4v) is 3.30. The van der Waals surface area contributed by atoms with Gasteiger partial charge in [-0.15, -0.1) is 0 Å². The molecule has 31 heavy (non-hydrogen) atoms. The van der Waals surface area contributed by atoms with Crippen LogP contribution in [0.25, 0.3) is 0 Å². The maximum Gasteiger partial charge on any atom is 0.274 e. The first-order valence-electron chi connectivity index (χ1n) is 9.64. The van der Waals surface area contributed by atoms with E-state index in [0.29, 0.717) is 35.7 Å². The summed E-state index contributed by atoms with van der Waals surface area (Å²) in [5.74, 6) is -0.637. The molecule has 0 saturated carbocycles. The molecule has 0 saturated heterocycles. The molecule has 0 heterocycles. The minimum absolute atomic E-state index is 0.0183. The van der Waals surface area contributed by atoms with E-state index in [1.807, 2.05) is 29.2 Å². The van der Waals surface area contributed by atoms with E-state index in [1.165, 1.54) is 18.2 Å². The Morgan fingerprint density at radius 3 is 2.48 bits per heavy atom. The summed E-state index contributed by atoms with van der Waals surface area (Å²) in [6, 6.07) is 15.6. The van der Waals surface area contributed by atoms with Crippen molar-refractivity contribution in [2.45, 2.75) is 20.0 Å². The van der Waals surface area contributed by atoms with E-state index in [0.717, 1.165) is 11.6 Å². The fraction of sp³-hybridized carbons (Fsp3) is 0.167. The second kappa shape index (κ2) is 9.84. The van der Waals surface area contributed by atoms with Crippen molar-refractivity contribution < 1.29 is 18.4 Å². The number of hydrogen-bond donors (Lipinski definition) is 0. The summed E-state index contributed by atoms with van der Waals surface area (Å²) in [7, 11) is 0. The molecule has 0 amide bonds. The Hall–Kier alpha value is -3.74. The lowest BCUT2D eigenvalue weighted by Crippen LogP contribution is -2.24. The molecule has 0 aliphatic rings. The summed E-state index contributed by atoms with van der Waals surface area (Å²) in [5, 5.41) is 11.4. The van der Waals surface area contributed by atoms with Gasteiger partial charge in [0.05, 0.1) is 10.5 Å². The van der Waals surface area contributed by atoms with Gasteiger partial charge in [0.2, 0.25) is 0 Å². The van der Waals surface area contributed by atoms with Crippen LogP contribution in [0.4, 0.5) is 20.2 Å². The molecule has 0 spiro atoms. The van der Waals surface area contributed by atoms with Gasteiger partial charge in [0, 0.05) is 36.5 Å². The lowest BCUT2D eigenvalue weighted by Gasteiger charge is -2.27. The van der Waals surface area contributed by atoms with Crippen molar-refractivity contribution in [3.63, 3.8) is 0 Å². The van der Waals surface area contributed by atoms with Crippen molar-refractivity contribution in [1.29, 1.82) is 0 Å². The van der Waals surface area contributed by atoms with Crippen LogP contribution in [0.5, 0.6) is 5.75 Å². The van der Waals surface area contributed by atoms with E-state index in [2.05, 4.69) is 6.58 Å². The lowest BCUT2D eigenvalue weighted by atomic mass is 10.1. The third-order valence-electron chi connectivity index (χ3n) is 4.85. The molecule has 7 heteroatoms. The van der Waals surface area contributed by atoms with Crippen LogP contribution in [-0.2, 0) is 13.1 Å². The van der Waals surface area contributed by atoms with E-state index >= 15 is 0 Å². The van der Waals surface area contributed by atoms with E-state index < -0.39 is 16.6 Å². The van der Waals surface area contributed by atoms with Crippen molar-refractivity contribution in [1.82, 2.24) is 0 Å². The Morgan fingerprint density at radius 2 is 1.84 bits per heavy atom. The number of rotatable bonds is 9. The molecule has 0 aliphatic carbocycles. The highest BCUT2D eigenvalue weighted by molar-refractivity contribution is 5.62. The van der Waals surface area contributed by atoms with Crippen molar-refractivity contribution >= 4 is 11.4 Å². The first-order valence-corrected chi connectivity index (χ1v) is 9.64. The summed E-state index contributed by atoms with van der Waals surface area (Å²) < 4.78 is 33.2. The highest BCUT2D eigenvalue weighted by atomic mass is 19.1. The van der Waals surface area contributed by atoms with Crippen LogP contribution in [0.15, 0.2) is 73.3 Å². The van der Waals surface area contributed by atoms with Gasteiger partial charge in [-0.05, 0) is 36.8 Å². The molecule has 0 aromatic heterocycles. The zero-order chi connectivity index (χ0) is 22.4. The van der Waals surface area contributed by atoms with E-state index in [1.54, 1.807) is 25.1 Å². The average molecular weight is 424 g/mol. The van der Waals surface area contributed by atoms with Crippen molar-refractivity contribution in [2.24, 2.45) is 0 Å². The van der Waals surface area contributed by atoms with Gasteiger partial charge in [-0.2, -0.15) is 0 Å². The van der Waals surface area contributed by atoms with Gasteiger partial charge in [-0.25, -0.2) is 8.78 Å². The van der Waals surface area contributed by atoms with Crippen LogP contribution >= 0.6 is 0 Å². The van der Waals surface area contributed by atoms with Crippen LogP contribution in [0.2, 0.25) is 0 Å². The maximum atomic E-state index is 14.3. The SMILES string of the molecule is C=CCOc1ccc(CN(Cc2ccc(F)cc2F)c2cccc([N+](=O)[O-])c2C)cc1. The summed E-state index contributed by atoms with van der Waals surface area (Å²) in [6.07, 6.45) is 1.65. The molecule has 3 aromatic rings. The third kappa shape index (κ3) is 5.45. The summed E-state index contributed by atoms with van der Waals surface area (Å²) in [6.45, 7) is 6.14. The summed E-state index contributed by atoms with van der Waals surface area (Å²) >= 11 is 0. The van der Waals surface area contributed by atoms with E-state index in [4.69, 9.17) is 4.74 Å². The van der Waals surface area contributed by atoms with E-state index in [9.17, 15) is 18.9 Å². The standard InChI is InChI=1S/C24H22F2N2O3/c1-3-13-31-21-11-7-18(8-12-21)15-27(16-19-9-10-20(25)14-22(19)26)23-5-4-6-24(17(23)2)28(29)30/h3-12,14H,1,13,15-16H2,2H3. The third-order valence-corrected chi connectivity index (χ3v) is 4.85. The first-order chi connectivity index (χ1) is 14.9. The van der Waals surface area contributed by atoms with Crippen LogP contribution < -0.4 is 9.64 Å². The molecule has 3 aromatic carbocycles. The van der Waals surface area contributed by atoms with Crippen LogP contribution in [0.3, 0.4) is 0 Å². The van der Waals surface area contributed by atoms with Gasteiger partial charge in [0.1, 0.15) is 24.0 Å².